The van der Waals surface area contributed by atoms with E-state index in [9.17, 15) is 5.11 Å². The normalized spacial score (nSPS) is 13.2. The topological polar surface area (TPSA) is 20.2 Å². The molecule has 0 aliphatic heterocycles. The van der Waals surface area contributed by atoms with Gasteiger partial charge in [0.25, 0.3) is 0 Å². The third-order valence-electron chi connectivity index (χ3n) is 2.25. The maximum absolute atomic E-state index is 9.23. The second-order valence-corrected chi connectivity index (χ2v) is 3.92. The van der Waals surface area contributed by atoms with Gasteiger partial charge in [0.1, 0.15) is 0 Å². The van der Waals surface area contributed by atoms with Crippen molar-refractivity contribution in [3.8, 4) is 0 Å². The summed E-state index contributed by atoms with van der Waals surface area (Å²) in [5.41, 5.74) is 1.25. The summed E-state index contributed by atoms with van der Waals surface area (Å²) in [6, 6.07) is 10.2. The largest absolute Gasteiger partial charge is 0.396 e. The Bertz CT molecular complexity index is 228. The third kappa shape index (κ3) is 3.19. The highest BCUT2D eigenvalue weighted by atomic mass is 16.3. The molecule has 0 saturated heterocycles. The molecule has 1 nitrogen and oxygen atoms in total. The summed E-state index contributed by atoms with van der Waals surface area (Å²) in [6.45, 7) is 4.62. The van der Waals surface area contributed by atoms with Crippen LogP contribution in [-0.4, -0.2) is 11.7 Å². The van der Waals surface area contributed by atoms with Crippen LogP contribution in [0.2, 0.25) is 0 Å². The minimum absolute atomic E-state index is 0.252. The molecule has 0 saturated carbocycles. The summed E-state index contributed by atoms with van der Waals surface area (Å²) in [7, 11) is 0. The van der Waals surface area contributed by atoms with Crippen LogP contribution in [-0.2, 0) is 0 Å². The molecule has 72 valence electrons. The van der Waals surface area contributed by atoms with E-state index in [0.717, 1.165) is 6.42 Å². The summed E-state index contributed by atoms with van der Waals surface area (Å²) in [6.07, 6.45) is 1.06. The molecule has 0 aliphatic carbocycles. The van der Waals surface area contributed by atoms with E-state index in [1.807, 2.05) is 18.2 Å². The maximum atomic E-state index is 9.23. The Morgan fingerprint density at radius 1 is 1.15 bits per heavy atom. The average molecular weight is 178 g/mol. The Morgan fingerprint density at radius 3 is 2.23 bits per heavy atom. The zero-order valence-electron chi connectivity index (χ0n) is 8.40. The Labute approximate surface area is 80.4 Å². The van der Waals surface area contributed by atoms with E-state index in [0.29, 0.717) is 11.8 Å². The fourth-order valence-corrected chi connectivity index (χ4v) is 1.61. The van der Waals surface area contributed by atoms with Gasteiger partial charge in [-0.3, -0.25) is 0 Å². The first-order valence-corrected chi connectivity index (χ1v) is 4.90. The highest BCUT2D eigenvalue weighted by Crippen LogP contribution is 2.22. The molecule has 0 heterocycles. The Kier molecular flexibility index (Phi) is 3.97. The van der Waals surface area contributed by atoms with Gasteiger partial charge in [-0.05, 0) is 17.9 Å². The average Bonchev–Trinajstić information content (AvgIpc) is 2.15. The lowest BCUT2D eigenvalue weighted by molar-refractivity contribution is 0.249. The van der Waals surface area contributed by atoms with E-state index in [1.54, 1.807) is 0 Å². The standard InChI is InChI=1S/C12H18O/c1-10(2)8-12(9-13)11-6-4-3-5-7-11/h3-7,10,12-13H,8-9H2,1-2H3. The Balaban J connectivity index is 2.67. The molecule has 0 amide bonds. The lowest BCUT2D eigenvalue weighted by Crippen LogP contribution is -2.07. The second kappa shape index (κ2) is 5.03. The van der Waals surface area contributed by atoms with Gasteiger partial charge in [0.15, 0.2) is 0 Å². The van der Waals surface area contributed by atoms with Crippen LogP contribution >= 0.6 is 0 Å². The van der Waals surface area contributed by atoms with E-state index in [1.165, 1.54) is 5.56 Å². The lowest BCUT2D eigenvalue weighted by Gasteiger charge is -2.16. The molecule has 1 heteroatoms. The molecule has 0 radical (unpaired) electrons. The minimum atomic E-state index is 0.252. The molecule has 1 aromatic rings. The van der Waals surface area contributed by atoms with E-state index in [-0.39, 0.29) is 6.61 Å². The van der Waals surface area contributed by atoms with Crippen LogP contribution in [0.3, 0.4) is 0 Å². The Morgan fingerprint density at radius 2 is 1.77 bits per heavy atom. The van der Waals surface area contributed by atoms with Crippen molar-refractivity contribution >= 4 is 0 Å². The quantitative estimate of drug-likeness (QED) is 0.751. The zero-order chi connectivity index (χ0) is 9.68. The van der Waals surface area contributed by atoms with Gasteiger partial charge in [0, 0.05) is 12.5 Å². The summed E-state index contributed by atoms with van der Waals surface area (Å²) in [5.74, 6) is 0.943. The van der Waals surface area contributed by atoms with Crippen LogP contribution in [0.1, 0.15) is 31.7 Å². The molecule has 1 N–H and O–H groups in total. The lowest BCUT2D eigenvalue weighted by atomic mass is 9.91. The first kappa shape index (κ1) is 10.3. The molecule has 13 heavy (non-hydrogen) atoms. The maximum Gasteiger partial charge on any atom is 0.0499 e. The van der Waals surface area contributed by atoms with Crippen molar-refractivity contribution in [1.82, 2.24) is 0 Å². The predicted octanol–water partition coefficient (Wildman–Crippen LogP) is 2.81. The van der Waals surface area contributed by atoms with Crippen molar-refractivity contribution in [2.24, 2.45) is 5.92 Å². The van der Waals surface area contributed by atoms with Gasteiger partial charge in [-0.25, -0.2) is 0 Å². The molecule has 0 bridgehead atoms. The van der Waals surface area contributed by atoms with Crippen LogP contribution < -0.4 is 0 Å². The van der Waals surface area contributed by atoms with E-state index >= 15 is 0 Å². The number of aliphatic hydroxyl groups excluding tert-OH is 1. The highest BCUT2D eigenvalue weighted by molar-refractivity contribution is 5.19. The summed E-state index contributed by atoms with van der Waals surface area (Å²) < 4.78 is 0. The molecule has 1 rings (SSSR count). The number of aliphatic hydroxyl groups is 1. The first-order chi connectivity index (χ1) is 6.24. The molecule has 1 atom stereocenters. The van der Waals surface area contributed by atoms with Crippen LogP contribution in [0.15, 0.2) is 30.3 Å². The van der Waals surface area contributed by atoms with Crippen molar-refractivity contribution in [3.05, 3.63) is 35.9 Å². The van der Waals surface area contributed by atoms with E-state index < -0.39 is 0 Å². The van der Waals surface area contributed by atoms with Crippen molar-refractivity contribution in [1.29, 1.82) is 0 Å². The molecule has 0 fully saturated rings. The van der Waals surface area contributed by atoms with Gasteiger partial charge < -0.3 is 5.11 Å². The predicted molar refractivity (Wildman–Crippen MR) is 55.7 cm³/mol. The van der Waals surface area contributed by atoms with Crippen LogP contribution in [0.25, 0.3) is 0 Å². The van der Waals surface area contributed by atoms with Gasteiger partial charge in [-0.2, -0.15) is 0 Å². The van der Waals surface area contributed by atoms with E-state index in [2.05, 4.69) is 26.0 Å². The van der Waals surface area contributed by atoms with Crippen molar-refractivity contribution < 1.29 is 5.11 Å². The summed E-state index contributed by atoms with van der Waals surface area (Å²) in [5, 5.41) is 9.23. The molecule has 0 aromatic heterocycles. The molecular weight excluding hydrogens is 160 g/mol. The SMILES string of the molecule is CC(C)CC(CO)c1ccccc1. The summed E-state index contributed by atoms with van der Waals surface area (Å²) >= 11 is 0. The fraction of sp³-hybridized carbons (Fsp3) is 0.500. The number of benzene rings is 1. The number of hydrogen-bond acceptors (Lipinski definition) is 1. The second-order valence-electron chi connectivity index (χ2n) is 3.92. The molecule has 1 aromatic carbocycles. The van der Waals surface area contributed by atoms with Crippen molar-refractivity contribution in [2.75, 3.05) is 6.61 Å². The third-order valence-corrected chi connectivity index (χ3v) is 2.25. The molecule has 0 spiro atoms. The monoisotopic (exact) mass is 178 g/mol. The Hall–Kier alpha value is -0.820. The molecule has 0 aliphatic rings. The number of rotatable bonds is 4. The van der Waals surface area contributed by atoms with E-state index in [4.69, 9.17) is 0 Å². The minimum Gasteiger partial charge on any atom is -0.396 e. The van der Waals surface area contributed by atoms with Crippen LogP contribution in [0, 0.1) is 5.92 Å². The fourth-order valence-electron chi connectivity index (χ4n) is 1.61. The van der Waals surface area contributed by atoms with Gasteiger partial charge in [0.2, 0.25) is 0 Å². The van der Waals surface area contributed by atoms with Crippen LogP contribution in [0.5, 0.6) is 0 Å². The highest BCUT2D eigenvalue weighted by Gasteiger charge is 2.11. The van der Waals surface area contributed by atoms with Crippen LogP contribution in [0.4, 0.5) is 0 Å². The van der Waals surface area contributed by atoms with Crippen molar-refractivity contribution in [2.45, 2.75) is 26.2 Å². The first-order valence-electron chi connectivity index (χ1n) is 4.90. The smallest absolute Gasteiger partial charge is 0.0499 e. The number of hydrogen-bond donors (Lipinski definition) is 1. The van der Waals surface area contributed by atoms with Gasteiger partial charge in [-0.1, -0.05) is 44.2 Å². The zero-order valence-corrected chi connectivity index (χ0v) is 8.40. The van der Waals surface area contributed by atoms with Gasteiger partial charge in [-0.15, -0.1) is 0 Å². The van der Waals surface area contributed by atoms with Gasteiger partial charge in [0.05, 0.1) is 0 Å². The van der Waals surface area contributed by atoms with Crippen molar-refractivity contribution in [3.63, 3.8) is 0 Å². The molecular formula is C12H18O. The summed E-state index contributed by atoms with van der Waals surface area (Å²) in [4.78, 5) is 0. The molecule has 1 unspecified atom stereocenters. The van der Waals surface area contributed by atoms with Gasteiger partial charge >= 0.3 is 0 Å².